The first-order valence-electron chi connectivity index (χ1n) is 7.79. The van der Waals surface area contributed by atoms with E-state index in [1.807, 2.05) is 36.1 Å². The fourth-order valence-corrected chi connectivity index (χ4v) is 2.52. The molecule has 4 nitrogen and oxygen atoms in total. The highest BCUT2D eigenvalue weighted by Crippen LogP contribution is 2.30. The molecule has 1 saturated heterocycles. The zero-order valence-electron chi connectivity index (χ0n) is 12.6. The van der Waals surface area contributed by atoms with Crippen LogP contribution < -0.4 is 4.74 Å². The minimum atomic E-state index is 0.0492. The third-order valence-electron chi connectivity index (χ3n) is 4.15. The number of nitrogens with zero attached hydrogens (tertiary/aromatic N) is 1. The second-order valence-electron chi connectivity index (χ2n) is 6.13. The zero-order chi connectivity index (χ0) is 14.7. The number of likely N-dealkylation sites (tertiary alicyclic amines) is 1. The Balaban J connectivity index is 1.39. The van der Waals surface area contributed by atoms with E-state index in [4.69, 9.17) is 9.47 Å². The lowest BCUT2D eigenvalue weighted by Crippen LogP contribution is -2.34. The second kappa shape index (κ2) is 6.48. The Bertz CT molecular complexity index is 481. The molecule has 0 spiro atoms. The van der Waals surface area contributed by atoms with Gasteiger partial charge in [0.25, 0.3) is 5.91 Å². The number of hydrogen-bond donors (Lipinski definition) is 0. The minimum absolute atomic E-state index is 0.0492. The van der Waals surface area contributed by atoms with E-state index in [2.05, 4.69) is 0 Å². The van der Waals surface area contributed by atoms with E-state index in [1.165, 1.54) is 18.4 Å². The molecule has 1 saturated carbocycles. The van der Waals surface area contributed by atoms with E-state index in [-0.39, 0.29) is 18.6 Å². The van der Waals surface area contributed by atoms with Gasteiger partial charge in [-0.3, -0.25) is 4.79 Å². The number of carbonyl (C=O) groups excluding carboxylic acids is 1. The topological polar surface area (TPSA) is 38.8 Å². The molecule has 1 aliphatic carbocycles. The van der Waals surface area contributed by atoms with E-state index < -0.39 is 0 Å². The summed E-state index contributed by atoms with van der Waals surface area (Å²) in [6.45, 7) is 4.50. The number of hydrogen-bond acceptors (Lipinski definition) is 3. The smallest absolute Gasteiger partial charge is 0.260 e. The van der Waals surface area contributed by atoms with Gasteiger partial charge in [-0.1, -0.05) is 17.7 Å². The quantitative estimate of drug-likeness (QED) is 0.807. The van der Waals surface area contributed by atoms with E-state index in [0.717, 1.165) is 31.2 Å². The molecular formula is C17H23NO3. The van der Waals surface area contributed by atoms with Gasteiger partial charge in [0.05, 0.1) is 6.10 Å². The molecule has 1 aromatic carbocycles. The van der Waals surface area contributed by atoms with Crippen LogP contribution in [0.5, 0.6) is 5.75 Å². The average molecular weight is 289 g/mol. The highest BCUT2D eigenvalue weighted by atomic mass is 16.5. The van der Waals surface area contributed by atoms with Crippen molar-refractivity contribution < 1.29 is 14.3 Å². The number of rotatable bonds is 6. The van der Waals surface area contributed by atoms with Gasteiger partial charge in [-0.15, -0.1) is 0 Å². The molecule has 0 aromatic heterocycles. The van der Waals surface area contributed by atoms with Crippen LogP contribution in [0.15, 0.2) is 24.3 Å². The molecule has 2 fully saturated rings. The molecule has 2 aliphatic rings. The van der Waals surface area contributed by atoms with Crippen LogP contribution in [-0.4, -0.2) is 43.2 Å². The lowest BCUT2D eigenvalue weighted by Gasteiger charge is -2.17. The predicted octanol–water partition coefficient (Wildman–Crippen LogP) is 2.40. The van der Waals surface area contributed by atoms with E-state index in [1.54, 1.807) is 0 Å². The standard InChI is InChI=1S/C17H23NO3/c1-13-2-6-15(7-3-13)21-12-17(19)18-9-8-16(10-18)20-11-14-4-5-14/h2-3,6-7,14,16H,4-5,8-12H2,1H3. The molecule has 1 atom stereocenters. The summed E-state index contributed by atoms with van der Waals surface area (Å²) in [5, 5.41) is 0. The Morgan fingerprint density at radius 2 is 2.00 bits per heavy atom. The SMILES string of the molecule is Cc1ccc(OCC(=O)N2CCC(OCC3CC3)C2)cc1. The molecule has 3 rings (SSSR count). The van der Waals surface area contributed by atoms with E-state index >= 15 is 0 Å². The van der Waals surface area contributed by atoms with Gasteiger partial charge >= 0.3 is 0 Å². The molecule has 114 valence electrons. The fourth-order valence-electron chi connectivity index (χ4n) is 2.52. The monoisotopic (exact) mass is 289 g/mol. The Hall–Kier alpha value is -1.55. The molecule has 0 N–H and O–H groups in total. The van der Waals surface area contributed by atoms with Crippen molar-refractivity contribution in [2.75, 3.05) is 26.3 Å². The van der Waals surface area contributed by atoms with Crippen LogP contribution in [0, 0.1) is 12.8 Å². The molecule has 1 aromatic rings. The van der Waals surface area contributed by atoms with Crippen molar-refractivity contribution in [3.05, 3.63) is 29.8 Å². The first-order valence-corrected chi connectivity index (χ1v) is 7.79. The predicted molar refractivity (Wildman–Crippen MR) is 80.3 cm³/mol. The maximum Gasteiger partial charge on any atom is 0.260 e. The van der Waals surface area contributed by atoms with Gasteiger partial charge in [-0.05, 0) is 44.2 Å². The maximum atomic E-state index is 12.1. The van der Waals surface area contributed by atoms with Crippen LogP contribution in [0.4, 0.5) is 0 Å². The summed E-state index contributed by atoms with van der Waals surface area (Å²) in [7, 11) is 0. The zero-order valence-corrected chi connectivity index (χ0v) is 12.6. The normalized spacial score (nSPS) is 21.6. The maximum absolute atomic E-state index is 12.1. The Kier molecular flexibility index (Phi) is 4.44. The van der Waals surface area contributed by atoms with Gasteiger partial charge in [-0.25, -0.2) is 0 Å². The minimum Gasteiger partial charge on any atom is -0.484 e. The third-order valence-corrected chi connectivity index (χ3v) is 4.15. The van der Waals surface area contributed by atoms with Crippen molar-refractivity contribution in [3.63, 3.8) is 0 Å². The first-order chi connectivity index (χ1) is 10.2. The Morgan fingerprint density at radius 3 is 2.71 bits per heavy atom. The van der Waals surface area contributed by atoms with E-state index in [0.29, 0.717) is 6.54 Å². The number of carbonyl (C=O) groups is 1. The van der Waals surface area contributed by atoms with E-state index in [9.17, 15) is 4.79 Å². The van der Waals surface area contributed by atoms with Crippen LogP contribution in [0.25, 0.3) is 0 Å². The highest BCUT2D eigenvalue weighted by molar-refractivity contribution is 5.78. The van der Waals surface area contributed by atoms with Crippen LogP contribution in [0.1, 0.15) is 24.8 Å². The summed E-state index contributed by atoms with van der Waals surface area (Å²) in [4.78, 5) is 14.0. The number of benzene rings is 1. The lowest BCUT2D eigenvalue weighted by molar-refractivity contribution is -0.132. The highest BCUT2D eigenvalue weighted by Gasteiger charge is 2.29. The van der Waals surface area contributed by atoms with Crippen LogP contribution >= 0.6 is 0 Å². The van der Waals surface area contributed by atoms with Crippen molar-refractivity contribution in [1.82, 2.24) is 4.90 Å². The van der Waals surface area contributed by atoms with Gasteiger partial charge in [0.15, 0.2) is 6.61 Å². The van der Waals surface area contributed by atoms with Crippen molar-refractivity contribution in [1.29, 1.82) is 0 Å². The second-order valence-corrected chi connectivity index (χ2v) is 6.13. The average Bonchev–Trinajstić information content (AvgIpc) is 3.20. The number of aryl methyl sites for hydroxylation is 1. The molecule has 0 radical (unpaired) electrons. The Labute approximate surface area is 126 Å². The van der Waals surface area contributed by atoms with Crippen LogP contribution in [0.2, 0.25) is 0 Å². The molecule has 1 aliphatic heterocycles. The fraction of sp³-hybridized carbons (Fsp3) is 0.588. The number of ether oxygens (including phenoxy) is 2. The summed E-state index contributed by atoms with van der Waals surface area (Å²) in [6.07, 6.45) is 3.77. The molecule has 0 bridgehead atoms. The van der Waals surface area contributed by atoms with Crippen LogP contribution in [-0.2, 0) is 9.53 Å². The summed E-state index contributed by atoms with van der Waals surface area (Å²) < 4.78 is 11.4. The third kappa shape index (κ3) is 4.21. The molecular weight excluding hydrogens is 266 g/mol. The Morgan fingerprint density at radius 1 is 1.24 bits per heavy atom. The van der Waals surface area contributed by atoms with Crippen molar-refractivity contribution >= 4 is 5.91 Å². The number of amides is 1. The molecule has 21 heavy (non-hydrogen) atoms. The van der Waals surface area contributed by atoms with Gasteiger partial charge in [-0.2, -0.15) is 0 Å². The molecule has 1 heterocycles. The molecule has 1 amide bonds. The van der Waals surface area contributed by atoms with Crippen molar-refractivity contribution in [3.8, 4) is 5.75 Å². The van der Waals surface area contributed by atoms with Gasteiger partial charge in [0.1, 0.15) is 5.75 Å². The van der Waals surface area contributed by atoms with Crippen molar-refractivity contribution in [2.45, 2.75) is 32.3 Å². The summed E-state index contributed by atoms with van der Waals surface area (Å²) in [5.74, 6) is 1.57. The van der Waals surface area contributed by atoms with Crippen LogP contribution in [0.3, 0.4) is 0 Å². The summed E-state index contributed by atoms with van der Waals surface area (Å²) in [5.41, 5.74) is 1.18. The van der Waals surface area contributed by atoms with Crippen molar-refractivity contribution in [2.24, 2.45) is 5.92 Å². The summed E-state index contributed by atoms with van der Waals surface area (Å²) in [6, 6.07) is 7.76. The largest absolute Gasteiger partial charge is 0.484 e. The summed E-state index contributed by atoms with van der Waals surface area (Å²) >= 11 is 0. The lowest BCUT2D eigenvalue weighted by atomic mass is 10.2. The van der Waals surface area contributed by atoms with Gasteiger partial charge < -0.3 is 14.4 Å². The first kappa shape index (κ1) is 14.4. The van der Waals surface area contributed by atoms with Gasteiger partial charge in [0.2, 0.25) is 0 Å². The van der Waals surface area contributed by atoms with Gasteiger partial charge in [0, 0.05) is 19.7 Å². The molecule has 4 heteroatoms. The molecule has 1 unspecified atom stereocenters.